The van der Waals surface area contributed by atoms with Gasteiger partial charge in [-0.15, -0.1) is 11.3 Å². The number of nitrogens with one attached hydrogen (secondary N) is 1. The van der Waals surface area contributed by atoms with Gasteiger partial charge < -0.3 is 0 Å². The van der Waals surface area contributed by atoms with Gasteiger partial charge in [0.05, 0.1) is 12.6 Å². The standard InChI is InChI=1S/C16H13N7OS/c1-23-8-10(7-18-23)16-19-12(9-25-16)13(24)6-14-20-15(22-21-14)11-4-2-3-5-17-11/h2-5,7-9H,6H2,1H3,(H,20,21,22). The second-order valence-corrected chi connectivity index (χ2v) is 6.22. The lowest BCUT2D eigenvalue weighted by Gasteiger charge is -1.93. The van der Waals surface area contributed by atoms with Crippen molar-refractivity contribution in [3.63, 3.8) is 0 Å². The molecular formula is C16H13N7OS. The molecule has 4 heterocycles. The monoisotopic (exact) mass is 351 g/mol. The molecule has 0 aromatic carbocycles. The Bertz CT molecular complexity index is 1020. The summed E-state index contributed by atoms with van der Waals surface area (Å²) in [4.78, 5) is 25.3. The molecule has 4 aromatic rings. The molecule has 0 spiro atoms. The first-order chi connectivity index (χ1) is 12.2. The number of nitrogens with zero attached hydrogens (tertiary/aromatic N) is 6. The molecule has 8 nitrogen and oxygen atoms in total. The highest BCUT2D eigenvalue weighted by atomic mass is 32.1. The fourth-order valence-corrected chi connectivity index (χ4v) is 3.09. The van der Waals surface area contributed by atoms with Crippen molar-refractivity contribution in [2.45, 2.75) is 6.42 Å². The first-order valence-electron chi connectivity index (χ1n) is 7.49. The van der Waals surface area contributed by atoms with Crippen LogP contribution in [0.2, 0.25) is 0 Å². The fourth-order valence-electron chi connectivity index (χ4n) is 2.29. The maximum Gasteiger partial charge on any atom is 0.199 e. The van der Waals surface area contributed by atoms with Crippen LogP contribution in [0.15, 0.2) is 42.2 Å². The number of thiazole rings is 1. The molecule has 0 bridgehead atoms. The van der Waals surface area contributed by atoms with Crippen LogP contribution >= 0.6 is 11.3 Å². The van der Waals surface area contributed by atoms with Gasteiger partial charge in [0.2, 0.25) is 0 Å². The average Bonchev–Trinajstić information content (AvgIpc) is 3.35. The molecule has 9 heteroatoms. The van der Waals surface area contributed by atoms with Gasteiger partial charge in [-0.1, -0.05) is 6.07 Å². The van der Waals surface area contributed by atoms with E-state index >= 15 is 0 Å². The molecule has 124 valence electrons. The Morgan fingerprint density at radius 1 is 1.32 bits per heavy atom. The van der Waals surface area contributed by atoms with E-state index in [1.807, 2.05) is 31.4 Å². The largest absolute Gasteiger partial charge is 0.292 e. The Kier molecular flexibility index (Phi) is 3.90. The first kappa shape index (κ1) is 15.3. The van der Waals surface area contributed by atoms with Crippen LogP contribution in [0.25, 0.3) is 22.1 Å². The van der Waals surface area contributed by atoms with Gasteiger partial charge in [-0.2, -0.15) is 10.2 Å². The fraction of sp³-hybridized carbons (Fsp3) is 0.125. The van der Waals surface area contributed by atoms with Gasteiger partial charge >= 0.3 is 0 Å². The average molecular weight is 351 g/mol. The summed E-state index contributed by atoms with van der Waals surface area (Å²) < 4.78 is 1.70. The summed E-state index contributed by atoms with van der Waals surface area (Å²) >= 11 is 1.42. The predicted octanol–water partition coefficient (Wildman–Crippen LogP) is 2.15. The van der Waals surface area contributed by atoms with Crippen molar-refractivity contribution in [1.29, 1.82) is 0 Å². The van der Waals surface area contributed by atoms with Gasteiger partial charge in [0.1, 0.15) is 22.2 Å². The van der Waals surface area contributed by atoms with E-state index < -0.39 is 0 Å². The van der Waals surface area contributed by atoms with Crippen molar-refractivity contribution in [2.75, 3.05) is 0 Å². The van der Waals surface area contributed by atoms with E-state index in [2.05, 4.69) is 30.2 Å². The Morgan fingerprint density at radius 3 is 3.00 bits per heavy atom. The van der Waals surface area contributed by atoms with E-state index in [-0.39, 0.29) is 12.2 Å². The van der Waals surface area contributed by atoms with Crippen LogP contribution in [0.5, 0.6) is 0 Å². The van der Waals surface area contributed by atoms with Crippen LogP contribution in [0.4, 0.5) is 0 Å². The Labute approximate surface area is 146 Å². The zero-order valence-corrected chi connectivity index (χ0v) is 14.1. The number of carbonyl (C=O) groups is 1. The molecule has 25 heavy (non-hydrogen) atoms. The van der Waals surface area contributed by atoms with Crippen LogP contribution in [0, 0.1) is 0 Å². The normalized spacial score (nSPS) is 10.9. The van der Waals surface area contributed by atoms with Crippen LogP contribution < -0.4 is 0 Å². The van der Waals surface area contributed by atoms with Crippen LogP contribution in [-0.4, -0.2) is 40.7 Å². The van der Waals surface area contributed by atoms with Crippen molar-refractivity contribution >= 4 is 17.1 Å². The number of Topliss-reactive ketones (excluding diaryl/α,β-unsaturated/α-hetero) is 1. The van der Waals surface area contributed by atoms with Gasteiger partial charge in [0.15, 0.2) is 11.6 Å². The zero-order chi connectivity index (χ0) is 17.2. The zero-order valence-electron chi connectivity index (χ0n) is 13.2. The molecule has 0 radical (unpaired) electrons. The summed E-state index contributed by atoms with van der Waals surface area (Å²) in [6, 6.07) is 5.50. The highest BCUT2D eigenvalue weighted by molar-refractivity contribution is 7.13. The van der Waals surface area contributed by atoms with Crippen LogP contribution in [0.1, 0.15) is 16.3 Å². The Morgan fingerprint density at radius 2 is 2.24 bits per heavy atom. The number of aromatic amines is 1. The SMILES string of the molecule is Cn1cc(-c2nc(C(=O)Cc3nc(-c4ccccn4)n[nH]3)cs2)cn1. The molecule has 1 N–H and O–H groups in total. The molecule has 0 saturated carbocycles. The quantitative estimate of drug-likeness (QED) is 0.553. The summed E-state index contributed by atoms with van der Waals surface area (Å²) in [5.41, 5.74) is 1.97. The molecule has 0 unspecified atom stereocenters. The van der Waals surface area contributed by atoms with Crippen molar-refractivity contribution in [2.24, 2.45) is 7.05 Å². The third-order valence-corrected chi connectivity index (χ3v) is 4.39. The topological polar surface area (TPSA) is 102 Å². The minimum atomic E-state index is -0.116. The predicted molar refractivity (Wildman–Crippen MR) is 92.0 cm³/mol. The van der Waals surface area contributed by atoms with Crippen molar-refractivity contribution < 1.29 is 4.79 Å². The lowest BCUT2D eigenvalue weighted by molar-refractivity contribution is 0.0987. The number of hydrogen-bond donors (Lipinski definition) is 1. The molecule has 4 rings (SSSR count). The Hall–Kier alpha value is -3.20. The molecule has 0 aliphatic carbocycles. The third-order valence-electron chi connectivity index (χ3n) is 3.50. The Balaban J connectivity index is 1.49. The molecule has 0 aliphatic heterocycles. The van der Waals surface area contributed by atoms with E-state index in [1.54, 1.807) is 22.5 Å². The van der Waals surface area contributed by atoms with E-state index in [0.29, 0.717) is 23.0 Å². The molecule has 4 aromatic heterocycles. The third kappa shape index (κ3) is 3.22. The van der Waals surface area contributed by atoms with E-state index in [1.165, 1.54) is 11.3 Å². The lowest BCUT2D eigenvalue weighted by Crippen LogP contribution is -2.05. The smallest absolute Gasteiger partial charge is 0.199 e. The van der Waals surface area contributed by atoms with E-state index in [0.717, 1.165) is 10.6 Å². The van der Waals surface area contributed by atoms with Crippen LogP contribution in [0.3, 0.4) is 0 Å². The summed E-state index contributed by atoms with van der Waals surface area (Å²) in [5.74, 6) is 0.842. The molecule has 0 amide bonds. The maximum atomic E-state index is 12.4. The highest BCUT2D eigenvalue weighted by Gasteiger charge is 2.16. The van der Waals surface area contributed by atoms with Gasteiger partial charge in [-0.05, 0) is 12.1 Å². The number of H-pyrrole nitrogens is 1. The number of carbonyl (C=O) groups excluding carboxylic acids is 1. The maximum absolute atomic E-state index is 12.4. The number of pyridine rings is 1. The number of hydrogen-bond acceptors (Lipinski definition) is 7. The molecular weight excluding hydrogens is 338 g/mol. The molecule has 0 atom stereocenters. The highest BCUT2D eigenvalue weighted by Crippen LogP contribution is 2.23. The number of aromatic nitrogens is 7. The minimum Gasteiger partial charge on any atom is -0.292 e. The van der Waals surface area contributed by atoms with E-state index in [9.17, 15) is 4.79 Å². The van der Waals surface area contributed by atoms with Crippen LogP contribution in [-0.2, 0) is 13.5 Å². The van der Waals surface area contributed by atoms with Gasteiger partial charge in [-0.3, -0.25) is 19.6 Å². The van der Waals surface area contributed by atoms with Gasteiger partial charge in [0, 0.05) is 30.4 Å². The number of rotatable bonds is 5. The molecule has 0 saturated heterocycles. The van der Waals surface area contributed by atoms with E-state index in [4.69, 9.17) is 0 Å². The number of ketones is 1. The lowest BCUT2D eigenvalue weighted by atomic mass is 10.2. The summed E-state index contributed by atoms with van der Waals surface area (Å²) in [6.45, 7) is 0. The first-order valence-corrected chi connectivity index (χ1v) is 8.37. The second kappa shape index (κ2) is 6.36. The molecule has 0 fully saturated rings. The number of aryl methyl sites for hydroxylation is 1. The second-order valence-electron chi connectivity index (χ2n) is 5.36. The van der Waals surface area contributed by atoms with Gasteiger partial charge in [-0.25, -0.2) is 9.97 Å². The van der Waals surface area contributed by atoms with Gasteiger partial charge in [0.25, 0.3) is 0 Å². The summed E-state index contributed by atoms with van der Waals surface area (Å²) in [7, 11) is 1.84. The molecule has 0 aliphatic rings. The summed E-state index contributed by atoms with van der Waals surface area (Å²) in [5, 5.41) is 13.5. The summed E-state index contributed by atoms with van der Waals surface area (Å²) in [6.07, 6.45) is 5.37. The van der Waals surface area contributed by atoms with Crippen molar-refractivity contribution in [3.05, 3.63) is 53.7 Å². The van der Waals surface area contributed by atoms with Crippen molar-refractivity contribution in [1.82, 2.24) is 34.9 Å². The minimum absolute atomic E-state index is 0.107. The van der Waals surface area contributed by atoms with Crippen molar-refractivity contribution in [3.8, 4) is 22.1 Å².